The van der Waals surface area contributed by atoms with Gasteiger partial charge in [-0.15, -0.1) is 17.9 Å². The fourth-order valence-corrected chi connectivity index (χ4v) is 7.62. The molecule has 1 fully saturated rings. The molecule has 0 bridgehead atoms. The molecule has 1 aliphatic carbocycles. The highest BCUT2D eigenvalue weighted by Gasteiger charge is 2.35. The van der Waals surface area contributed by atoms with Gasteiger partial charge < -0.3 is 9.64 Å². The smallest absolute Gasteiger partial charge is 0.279 e. The predicted octanol–water partition coefficient (Wildman–Crippen LogP) is 3.50. The maximum Gasteiger partial charge on any atom is 0.279 e. The van der Waals surface area contributed by atoms with Crippen LogP contribution in [0.1, 0.15) is 46.0 Å². The number of amides is 1. The van der Waals surface area contributed by atoms with Gasteiger partial charge in [0, 0.05) is 24.1 Å². The number of methoxy groups -OCH3 is 1. The van der Waals surface area contributed by atoms with Gasteiger partial charge in [0.15, 0.2) is 0 Å². The number of benzene rings is 1. The fraction of sp³-hybridized carbons (Fsp3) is 0.423. The largest absolute Gasteiger partial charge is 0.497 e. The lowest BCUT2D eigenvalue weighted by atomic mass is 9.95. The fourth-order valence-electron chi connectivity index (χ4n) is 5.04. The van der Waals surface area contributed by atoms with Crippen LogP contribution >= 0.6 is 23.1 Å². The van der Waals surface area contributed by atoms with E-state index in [4.69, 9.17) is 4.74 Å². The van der Waals surface area contributed by atoms with Crippen LogP contribution in [0.25, 0.3) is 10.6 Å². The summed E-state index contributed by atoms with van der Waals surface area (Å²) >= 11 is 2.97. The molecule has 184 valence electrons. The molecule has 2 aliphatic heterocycles. The summed E-state index contributed by atoms with van der Waals surface area (Å²) in [5.41, 5.74) is 2.14. The van der Waals surface area contributed by atoms with Crippen LogP contribution in [0.4, 0.5) is 5.69 Å². The van der Waals surface area contributed by atoms with Crippen LogP contribution in [-0.2, 0) is 11.3 Å². The van der Waals surface area contributed by atoms with Crippen LogP contribution < -0.4 is 24.4 Å². The third-order valence-electron chi connectivity index (χ3n) is 6.79. The summed E-state index contributed by atoms with van der Waals surface area (Å²) in [5, 5.41) is 7.22. The summed E-state index contributed by atoms with van der Waals surface area (Å²) in [6, 6.07) is 6.11. The number of hydrogen-bond donors (Lipinski definition) is 0. The molecule has 1 amide bonds. The zero-order valence-corrected chi connectivity index (χ0v) is 22.0. The topological polar surface area (TPSA) is 67.1 Å². The second-order valence-corrected chi connectivity index (χ2v) is 11.0. The highest BCUT2D eigenvalue weighted by Crippen LogP contribution is 2.47. The highest BCUT2D eigenvalue weighted by molar-refractivity contribution is 8.08. The van der Waals surface area contributed by atoms with Gasteiger partial charge in [0.2, 0.25) is 0 Å². The van der Waals surface area contributed by atoms with Crippen molar-refractivity contribution in [1.29, 1.82) is 0 Å². The molecule has 35 heavy (non-hydrogen) atoms. The second-order valence-electron chi connectivity index (χ2n) is 8.93. The molecule has 2 aromatic rings. The van der Waals surface area contributed by atoms with E-state index in [2.05, 4.69) is 23.5 Å². The molecular formula is C26H30N4O3S2. The van der Waals surface area contributed by atoms with Gasteiger partial charge in [-0.1, -0.05) is 37.1 Å². The van der Waals surface area contributed by atoms with Crippen molar-refractivity contribution in [2.75, 3.05) is 18.6 Å². The summed E-state index contributed by atoms with van der Waals surface area (Å²) in [4.78, 5) is 30.5. The van der Waals surface area contributed by atoms with Gasteiger partial charge in [0.05, 0.1) is 30.1 Å². The van der Waals surface area contributed by atoms with Crippen molar-refractivity contribution in [3.63, 3.8) is 0 Å². The van der Waals surface area contributed by atoms with Crippen molar-refractivity contribution in [1.82, 2.24) is 9.58 Å². The molecule has 1 saturated carbocycles. The Balaban J connectivity index is 1.69. The molecule has 0 radical (unpaired) electrons. The minimum atomic E-state index is -0.102. The molecule has 0 spiro atoms. The monoisotopic (exact) mass is 510 g/mol. The number of carbonyl (C=O) groups is 1. The number of rotatable bonds is 5. The van der Waals surface area contributed by atoms with Crippen molar-refractivity contribution in [3.8, 4) is 5.75 Å². The Morgan fingerprint density at radius 1 is 1.23 bits per heavy atom. The predicted molar refractivity (Wildman–Crippen MR) is 144 cm³/mol. The van der Waals surface area contributed by atoms with Gasteiger partial charge in [-0.2, -0.15) is 5.10 Å². The molecule has 3 heterocycles. The van der Waals surface area contributed by atoms with E-state index in [1.165, 1.54) is 17.8 Å². The lowest BCUT2D eigenvalue weighted by molar-refractivity contribution is -0.126. The summed E-state index contributed by atoms with van der Waals surface area (Å²) in [5.74, 6) is 0.686. The number of thioether (sulfide) groups is 1. The Bertz CT molecular complexity index is 1400. The van der Waals surface area contributed by atoms with Gasteiger partial charge in [0.1, 0.15) is 20.0 Å². The van der Waals surface area contributed by atoms with Crippen LogP contribution in [0.2, 0.25) is 0 Å². The normalized spacial score (nSPS) is 21.5. The second kappa shape index (κ2) is 9.70. The number of fused-ring (bicyclic) bond motifs is 1. The Hall–Kier alpha value is -2.78. The number of thiazole rings is 1. The van der Waals surface area contributed by atoms with Crippen LogP contribution in [0, 0.1) is 0 Å². The first-order valence-electron chi connectivity index (χ1n) is 12.1. The van der Waals surface area contributed by atoms with Gasteiger partial charge in [-0.05, 0) is 38.8 Å². The number of nitrogens with zero attached hydrogens (tertiary/aromatic N) is 4. The van der Waals surface area contributed by atoms with Crippen molar-refractivity contribution in [2.24, 2.45) is 5.10 Å². The molecule has 3 aliphatic rings. The molecule has 1 aromatic heterocycles. The molecule has 1 aromatic carbocycles. The molecular weight excluding hydrogens is 480 g/mol. The molecule has 0 saturated heterocycles. The van der Waals surface area contributed by atoms with Gasteiger partial charge in [-0.3, -0.25) is 14.2 Å². The Morgan fingerprint density at radius 2 is 2.00 bits per heavy atom. The maximum atomic E-state index is 13.7. The number of anilines is 1. The van der Waals surface area contributed by atoms with Crippen LogP contribution in [0.3, 0.4) is 0 Å². The van der Waals surface area contributed by atoms with E-state index in [0.717, 1.165) is 47.0 Å². The number of hydrogen-bond acceptors (Lipinski definition) is 7. The number of carbonyl (C=O) groups excluding carboxylic acids is 1. The minimum absolute atomic E-state index is 0.0931. The van der Waals surface area contributed by atoms with Gasteiger partial charge in [0.25, 0.3) is 11.5 Å². The van der Waals surface area contributed by atoms with Crippen LogP contribution in [0.15, 0.2) is 45.6 Å². The molecule has 9 heteroatoms. The summed E-state index contributed by atoms with van der Waals surface area (Å²) < 4.78 is 8.39. The summed E-state index contributed by atoms with van der Waals surface area (Å²) in [7, 11) is 1.65. The van der Waals surface area contributed by atoms with Crippen LogP contribution in [-0.4, -0.2) is 40.9 Å². The van der Waals surface area contributed by atoms with Gasteiger partial charge >= 0.3 is 0 Å². The van der Waals surface area contributed by atoms with Crippen molar-refractivity contribution in [3.05, 3.63) is 50.4 Å². The van der Waals surface area contributed by atoms with E-state index in [0.29, 0.717) is 33.6 Å². The highest BCUT2D eigenvalue weighted by atomic mass is 32.2. The van der Waals surface area contributed by atoms with E-state index in [1.54, 1.807) is 34.5 Å². The molecule has 0 unspecified atom stereocenters. The minimum Gasteiger partial charge on any atom is -0.497 e. The molecule has 5 rings (SSSR count). The Labute approximate surface area is 213 Å². The average Bonchev–Trinajstić information content (AvgIpc) is 3.50. The first-order valence-corrected chi connectivity index (χ1v) is 13.7. The van der Waals surface area contributed by atoms with E-state index >= 15 is 0 Å². The molecule has 7 nitrogen and oxygen atoms in total. The Kier molecular flexibility index (Phi) is 6.63. The summed E-state index contributed by atoms with van der Waals surface area (Å²) in [6.45, 7) is 8.84. The molecule has 0 atom stereocenters. The number of ether oxygens (including phenoxy) is 1. The Morgan fingerprint density at radius 3 is 2.69 bits per heavy atom. The summed E-state index contributed by atoms with van der Waals surface area (Å²) in [6.07, 6.45) is 7.12. The van der Waals surface area contributed by atoms with Crippen molar-refractivity contribution >= 4 is 51.0 Å². The van der Waals surface area contributed by atoms with Crippen LogP contribution in [0.5, 0.6) is 5.75 Å². The number of allylic oxidation sites excluding steroid dienone is 1. The standard InChI is InChI=1S/C26H30N4O3S2/c1-5-14-29-24(32)22(26-28(6-2)19-15-18(33-4)12-13-20(19)34-26)35-25(29)21-16(3)27-30(23(21)31)17-10-8-7-9-11-17/h5,12-13,15,17H,1,6-11,14H2,2-4H3/b25-21+,26-22-. The zero-order valence-electron chi connectivity index (χ0n) is 20.4. The lowest BCUT2D eigenvalue weighted by Crippen LogP contribution is -2.38. The van der Waals surface area contributed by atoms with E-state index in [-0.39, 0.29) is 17.5 Å². The zero-order chi connectivity index (χ0) is 24.7. The van der Waals surface area contributed by atoms with Crippen molar-refractivity contribution in [2.45, 2.75) is 63.4 Å². The number of hydrazone groups is 1. The third-order valence-corrected chi connectivity index (χ3v) is 9.29. The first kappa shape index (κ1) is 23.9. The lowest BCUT2D eigenvalue weighted by Gasteiger charge is -2.27. The van der Waals surface area contributed by atoms with Crippen molar-refractivity contribution < 1.29 is 9.53 Å². The quantitative estimate of drug-likeness (QED) is 0.576. The number of aromatic nitrogens is 1. The van der Waals surface area contributed by atoms with E-state index in [9.17, 15) is 9.59 Å². The maximum absolute atomic E-state index is 13.7. The van der Waals surface area contributed by atoms with E-state index in [1.807, 2.05) is 25.1 Å². The SMILES string of the molecule is C=CCn1c(=O)/c(=C2/Sc3ccc(OC)cc3N2CC)s/c1=C1/C(=O)N(C2CCCCC2)N=C1C. The van der Waals surface area contributed by atoms with E-state index < -0.39 is 0 Å². The van der Waals surface area contributed by atoms with Gasteiger partial charge in [-0.25, -0.2) is 5.01 Å². The third kappa shape index (κ3) is 4.04. The average molecular weight is 511 g/mol. The first-order chi connectivity index (χ1) is 17.0. The molecule has 0 N–H and O–H groups in total.